The van der Waals surface area contributed by atoms with Crippen molar-refractivity contribution in [1.29, 1.82) is 0 Å². The van der Waals surface area contributed by atoms with Gasteiger partial charge in [0.05, 0.1) is 4.92 Å². The second kappa shape index (κ2) is 8.93. The lowest BCUT2D eigenvalue weighted by atomic mass is 10.1. The van der Waals surface area contributed by atoms with Gasteiger partial charge in [0.1, 0.15) is 5.69 Å². The zero-order valence-corrected chi connectivity index (χ0v) is 14.5. The van der Waals surface area contributed by atoms with Crippen LogP contribution in [0.4, 0.5) is 11.4 Å². The van der Waals surface area contributed by atoms with Gasteiger partial charge in [0, 0.05) is 17.4 Å². The normalized spacial score (nSPS) is 10.3. The minimum atomic E-state index is -0.607. The summed E-state index contributed by atoms with van der Waals surface area (Å²) in [5, 5.41) is 15.4. The number of ether oxygens (including phenoxy) is 1. The topological polar surface area (TPSA) is 98.5 Å². The monoisotopic (exact) mass is 362 g/mol. The van der Waals surface area contributed by atoms with E-state index in [1.54, 1.807) is 24.3 Å². The van der Waals surface area contributed by atoms with E-state index in [4.69, 9.17) is 4.74 Å². The van der Waals surface area contributed by atoms with E-state index in [0.717, 1.165) is 6.42 Å². The summed E-state index contributed by atoms with van der Waals surface area (Å²) in [7, 11) is 0. The van der Waals surface area contributed by atoms with Crippen LogP contribution in [0.1, 0.15) is 23.3 Å². The third kappa shape index (κ3) is 5.68. The van der Waals surface area contributed by atoms with Crippen molar-refractivity contribution in [3.63, 3.8) is 0 Å². The predicted octanol–water partition coefficient (Wildman–Crippen LogP) is 3.47. The number of nitro groups is 1. The summed E-state index contributed by atoms with van der Waals surface area (Å²) in [5.41, 5.74) is 0.478. The molecule has 1 aromatic carbocycles. The SMILES string of the molecule is Cc1cccc([N+](=O)[O-])c1NC(=O)COC(=O)CCCc1cccs1. The molecule has 25 heavy (non-hydrogen) atoms. The summed E-state index contributed by atoms with van der Waals surface area (Å²) in [6.07, 6.45) is 1.65. The molecule has 0 unspecified atom stereocenters. The molecule has 1 aromatic heterocycles. The molecule has 132 valence electrons. The first kappa shape index (κ1) is 18.6. The molecule has 1 heterocycles. The van der Waals surface area contributed by atoms with Crippen molar-refractivity contribution in [1.82, 2.24) is 0 Å². The van der Waals surface area contributed by atoms with Crippen LogP contribution < -0.4 is 5.32 Å². The van der Waals surface area contributed by atoms with Gasteiger partial charge in [0.2, 0.25) is 0 Å². The standard InChI is InChI=1S/C17H18N2O5S/c1-12-5-2-8-14(19(22)23)17(12)18-15(20)11-24-16(21)9-3-6-13-7-4-10-25-13/h2,4-5,7-8,10H,3,6,9,11H2,1H3,(H,18,20). The molecule has 0 atom stereocenters. The molecule has 0 saturated carbocycles. The fourth-order valence-electron chi connectivity index (χ4n) is 2.22. The van der Waals surface area contributed by atoms with Crippen LogP contribution in [0.3, 0.4) is 0 Å². The molecule has 1 amide bonds. The smallest absolute Gasteiger partial charge is 0.306 e. The number of carbonyl (C=O) groups is 2. The van der Waals surface area contributed by atoms with E-state index in [2.05, 4.69) is 5.32 Å². The Kier molecular flexibility index (Phi) is 6.64. The summed E-state index contributed by atoms with van der Waals surface area (Å²) in [4.78, 5) is 35.2. The van der Waals surface area contributed by atoms with Gasteiger partial charge in [-0.1, -0.05) is 18.2 Å². The second-order valence-corrected chi connectivity index (χ2v) is 6.40. The van der Waals surface area contributed by atoms with Crippen LogP contribution in [0, 0.1) is 17.0 Å². The number of para-hydroxylation sites is 1. The van der Waals surface area contributed by atoms with Gasteiger partial charge in [-0.25, -0.2) is 0 Å². The van der Waals surface area contributed by atoms with E-state index in [9.17, 15) is 19.7 Å². The van der Waals surface area contributed by atoms with Gasteiger partial charge in [-0.05, 0) is 36.8 Å². The van der Waals surface area contributed by atoms with Crippen LogP contribution >= 0.6 is 11.3 Å². The highest BCUT2D eigenvalue weighted by molar-refractivity contribution is 7.09. The Bertz CT molecular complexity index is 758. The number of nitrogens with zero attached hydrogens (tertiary/aromatic N) is 1. The van der Waals surface area contributed by atoms with Crippen LogP contribution in [0.25, 0.3) is 0 Å². The molecule has 0 aliphatic carbocycles. The van der Waals surface area contributed by atoms with Crippen LogP contribution in [0.15, 0.2) is 35.7 Å². The number of thiophene rings is 1. The lowest BCUT2D eigenvalue weighted by Crippen LogP contribution is -2.21. The van der Waals surface area contributed by atoms with E-state index in [0.29, 0.717) is 12.0 Å². The van der Waals surface area contributed by atoms with Crippen molar-refractivity contribution in [3.05, 3.63) is 56.3 Å². The Morgan fingerprint density at radius 3 is 2.76 bits per heavy atom. The fourth-order valence-corrected chi connectivity index (χ4v) is 2.97. The molecule has 0 aliphatic rings. The molecular weight excluding hydrogens is 344 g/mol. The van der Waals surface area contributed by atoms with Gasteiger partial charge in [0.25, 0.3) is 11.6 Å². The first-order valence-corrected chi connectivity index (χ1v) is 8.57. The number of esters is 1. The predicted molar refractivity (Wildman–Crippen MR) is 94.7 cm³/mol. The number of nitrogens with one attached hydrogen (secondary N) is 1. The summed E-state index contributed by atoms with van der Waals surface area (Å²) in [5.74, 6) is -1.07. The minimum Gasteiger partial charge on any atom is -0.456 e. The van der Waals surface area contributed by atoms with Crippen LogP contribution in [-0.4, -0.2) is 23.4 Å². The molecule has 0 radical (unpaired) electrons. The third-order valence-corrected chi connectivity index (χ3v) is 4.40. The van der Waals surface area contributed by atoms with E-state index in [1.165, 1.54) is 17.0 Å². The average molecular weight is 362 g/mol. The first-order chi connectivity index (χ1) is 12.0. The van der Waals surface area contributed by atoms with Crippen LogP contribution in [-0.2, 0) is 20.7 Å². The second-order valence-electron chi connectivity index (χ2n) is 5.37. The third-order valence-electron chi connectivity index (χ3n) is 3.46. The number of anilines is 1. The highest BCUT2D eigenvalue weighted by Crippen LogP contribution is 2.27. The quantitative estimate of drug-likeness (QED) is 0.440. The molecule has 0 fully saturated rings. The van der Waals surface area contributed by atoms with Crippen molar-refractivity contribution >= 4 is 34.6 Å². The van der Waals surface area contributed by atoms with Crippen molar-refractivity contribution < 1.29 is 19.2 Å². The van der Waals surface area contributed by atoms with Crippen molar-refractivity contribution in [2.24, 2.45) is 0 Å². The first-order valence-electron chi connectivity index (χ1n) is 7.69. The Morgan fingerprint density at radius 1 is 1.28 bits per heavy atom. The summed E-state index contributed by atoms with van der Waals surface area (Å²) < 4.78 is 4.92. The summed E-state index contributed by atoms with van der Waals surface area (Å²) >= 11 is 1.63. The molecule has 0 bridgehead atoms. The maximum absolute atomic E-state index is 11.9. The highest BCUT2D eigenvalue weighted by Gasteiger charge is 2.18. The molecule has 2 aromatic rings. The van der Waals surface area contributed by atoms with E-state index < -0.39 is 23.4 Å². The van der Waals surface area contributed by atoms with Crippen LogP contribution in [0.5, 0.6) is 0 Å². The van der Waals surface area contributed by atoms with Gasteiger partial charge in [-0.3, -0.25) is 19.7 Å². The lowest BCUT2D eigenvalue weighted by Gasteiger charge is -2.09. The van der Waals surface area contributed by atoms with Gasteiger partial charge < -0.3 is 10.1 Å². The van der Waals surface area contributed by atoms with Gasteiger partial charge in [0.15, 0.2) is 6.61 Å². The number of amides is 1. The lowest BCUT2D eigenvalue weighted by molar-refractivity contribution is -0.384. The largest absolute Gasteiger partial charge is 0.456 e. The Hall–Kier alpha value is -2.74. The highest BCUT2D eigenvalue weighted by atomic mass is 32.1. The number of nitro benzene ring substituents is 1. The molecule has 8 heteroatoms. The average Bonchev–Trinajstić information content (AvgIpc) is 3.08. The molecule has 1 N–H and O–H groups in total. The molecule has 0 saturated heterocycles. The van der Waals surface area contributed by atoms with E-state index in [1.807, 2.05) is 17.5 Å². The summed E-state index contributed by atoms with van der Waals surface area (Å²) in [6.45, 7) is 1.18. The maximum atomic E-state index is 11.9. The zero-order valence-electron chi connectivity index (χ0n) is 13.7. The van der Waals surface area contributed by atoms with Crippen LogP contribution in [0.2, 0.25) is 0 Å². The number of carbonyl (C=O) groups excluding carboxylic acids is 2. The van der Waals surface area contributed by atoms with E-state index >= 15 is 0 Å². The van der Waals surface area contributed by atoms with Gasteiger partial charge in [-0.2, -0.15) is 0 Å². The number of aryl methyl sites for hydroxylation is 2. The maximum Gasteiger partial charge on any atom is 0.306 e. The van der Waals surface area contributed by atoms with Crippen molar-refractivity contribution in [3.8, 4) is 0 Å². The number of benzene rings is 1. The van der Waals surface area contributed by atoms with Crippen molar-refractivity contribution in [2.75, 3.05) is 11.9 Å². The Labute approximate surface area is 148 Å². The Morgan fingerprint density at radius 2 is 2.08 bits per heavy atom. The molecule has 7 nitrogen and oxygen atoms in total. The minimum absolute atomic E-state index is 0.117. The molecule has 0 aliphatic heterocycles. The molecular formula is C17H18N2O5S. The van der Waals surface area contributed by atoms with Gasteiger partial charge >= 0.3 is 5.97 Å². The Balaban J connectivity index is 1.79. The van der Waals surface area contributed by atoms with Gasteiger partial charge in [-0.15, -0.1) is 11.3 Å². The van der Waals surface area contributed by atoms with Crippen molar-refractivity contribution in [2.45, 2.75) is 26.2 Å². The molecule has 2 rings (SSSR count). The number of rotatable bonds is 8. The number of hydrogen-bond acceptors (Lipinski definition) is 6. The zero-order chi connectivity index (χ0) is 18.2. The fraction of sp³-hybridized carbons (Fsp3) is 0.294. The molecule has 0 spiro atoms. The summed E-state index contributed by atoms with van der Waals surface area (Å²) in [6, 6.07) is 8.45. The van der Waals surface area contributed by atoms with E-state index in [-0.39, 0.29) is 17.8 Å². The number of hydrogen-bond donors (Lipinski definition) is 1.